The molecule has 5 nitrogen and oxygen atoms in total. The van der Waals surface area contributed by atoms with Gasteiger partial charge in [-0.3, -0.25) is 0 Å². The van der Waals surface area contributed by atoms with Crippen molar-refractivity contribution < 1.29 is 14.6 Å². The van der Waals surface area contributed by atoms with Gasteiger partial charge in [-0.25, -0.2) is 9.78 Å². The minimum atomic E-state index is -1.15. The van der Waals surface area contributed by atoms with Crippen molar-refractivity contribution in [3.05, 3.63) is 53.2 Å². The first-order chi connectivity index (χ1) is 9.66. The molecule has 1 aromatic carbocycles. The van der Waals surface area contributed by atoms with Gasteiger partial charge < -0.3 is 15.2 Å². The number of halogens is 1. The Morgan fingerprint density at radius 3 is 2.70 bits per heavy atom. The number of carbonyl (C=O) groups is 1. The maximum absolute atomic E-state index is 10.9. The summed E-state index contributed by atoms with van der Waals surface area (Å²) >= 11 is 5.74. The number of hydrogen-bond acceptors (Lipinski definition) is 4. The van der Waals surface area contributed by atoms with Crippen molar-refractivity contribution in [1.29, 1.82) is 0 Å². The van der Waals surface area contributed by atoms with Crippen molar-refractivity contribution in [2.24, 2.45) is 0 Å². The van der Waals surface area contributed by atoms with Crippen molar-refractivity contribution in [2.75, 3.05) is 18.5 Å². The number of carboxylic acid groups (broad SMARTS) is 1. The van der Waals surface area contributed by atoms with Gasteiger partial charge in [0, 0.05) is 0 Å². The number of nitrogens with zero attached hydrogens (tertiary/aromatic N) is 1. The van der Waals surface area contributed by atoms with E-state index in [9.17, 15) is 4.79 Å². The molecule has 1 aromatic heterocycles. The van der Waals surface area contributed by atoms with E-state index < -0.39 is 5.97 Å². The number of aromatic nitrogens is 1. The Labute approximate surface area is 121 Å². The van der Waals surface area contributed by atoms with Gasteiger partial charge in [0.2, 0.25) is 0 Å². The molecule has 0 aliphatic heterocycles. The van der Waals surface area contributed by atoms with Gasteiger partial charge in [-0.2, -0.15) is 0 Å². The predicted molar refractivity (Wildman–Crippen MR) is 76.6 cm³/mol. The van der Waals surface area contributed by atoms with E-state index in [0.29, 0.717) is 19.0 Å². The lowest BCUT2D eigenvalue weighted by molar-refractivity contribution is 0.0691. The van der Waals surface area contributed by atoms with Crippen LogP contribution in [0.2, 0.25) is 5.02 Å². The number of aromatic carboxylic acids is 1. The second kappa shape index (κ2) is 6.77. The summed E-state index contributed by atoms with van der Waals surface area (Å²) in [7, 11) is 0. The van der Waals surface area contributed by atoms with Gasteiger partial charge >= 0.3 is 5.97 Å². The Hall–Kier alpha value is -2.27. The normalized spacial score (nSPS) is 10.1. The number of anilines is 1. The summed E-state index contributed by atoms with van der Waals surface area (Å²) in [6.07, 6.45) is 0. The fourth-order valence-electron chi connectivity index (χ4n) is 1.56. The Bertz CT molecular complexity index is 590. The van der Waals surface area contributed by atoms with Crippen LogP contribution in [0.1, 0.15) is 10.5 Å². The molecular formula is C14H13ClN2O3. The van der Waals surface area contributed by atoms with E-state index in [1.807, 2.05) is 30.3 Å². The lowest BCUT2D eigenvalue weighted by Crippen LogP contribution is -2.13. The minimum Gasteiger partial charge on any atom is -0.492 e. The van der Waals surface area contributed by atoms with Crippen molar-refractivity contribution >= 4 is 23.4 Å². The lowest BCUT2D eigenvalue weighted by atomic mass is 10.3. The third kappa shape index (κ3) is 3.86. The highest BCUT2D eigenvalue weighted by atomic mass is 35.5. The summed E-state index contributed by atoms with van der Waals surface area (Å²) < 4.78 is 5.50. The molecule has 2 N–H and O–H groups in total. The predicted octanol–water partition coefficient (Wildman–Crippen LogP) is 2.92. The molecule has 0 unspecified atom stereocenters. The molecule has 104 valence electrons. The molecule has 0 bridgehead atoms. The van der Waals surface area contributed by atoms with Gasteiger partial charge in [0.15, 0.2) is 5.69 Å². The monoisotopic (exact) mass is 292 g/mol. The maximum atomic E-state index is 10.9. The summed E-state index contributed by atoms with van der Waals surface area (Å²) in [5, 5.41) is 12.0. The van der Waals surface area contributed by atoms with Gasteiger partial charge in [0.1, 0.15) is 18.2 Å². The minimum absolute atomic E-state index is 0.114. The third-order valence-corrected chi connectivity index (χ3v) is 2.77. The summed E-state index contributed by atoms with van der Waals surface area (Å²) in [6.45, 7) is 0.944. The van der Waals surface area contributed by atoms with Gasteiger partial charge in [-0.05, 0) is 24.3 Å². The molecule has 1 heterocycles. The first kappa shape index (κ1) is 14.1. The van der Waals surface area contributed by atoms with Crippen LogP contribution >= 0.6 is 11.6 Å². The van der Waals surface area contributed by atoms with Crippen LogP contribution in [0.25, 0.3) is 0 Å². The lowest BCUT2D eigenvalue weighted by Gasteiger charge is -2.08. The molecule has 0 aliphatic rings. The number of benzene rings is 1. The molecule has 0 saturated heterocycles. The fourth-order valence-corrected chi connectivity index (χ4v) is 1.74. The summed E-state index contributed by atoms with van der Waals surface area (Å²) in [5.41, 5.74) is -0.166. The Morgan fingerprint density at radius 1 is 1.25 bits per heavy atom. The second-order valence-corrected chi connectivity index (χ2v) is 4.33. The van der Waals surface area contributed by atoms with Crippen LogP contribution in [0.4, 0.5) is 5.82 Å². The van der Waals surface area contributed by atoms with Crippen LogP contribution in [0.15, 0.2) is 42.5 Å². The van der Waals surface area contributed by atoms with Crippen LogP contribution in [-0.2, 0) is 0 Å². The van der Waals surface area contributed by atoms with Crippen molar-refractivity contribution in [3.63, 3.8) is 0 Å². The van der Waals surface area contributed by atoms with E-state index in [-0.39, 0.29) is 10.7 Å². The SMILES string of the molecule is O=C(O)c1nc(NCCOc2ccccc2)ccc1Cl. The summed E-state index contributed by atoms with van der Waals surface area (Å²) in [5.74, 6) is 0.0761. The van der Waals surface area contributed by atoms with E-state index in [1.54, 1.807) is 6.07 Å². The average Bonchev–Trinajstić information content (AvgIpc) is 2.46. The van der Waals surface area contributed by atoms with E-state index in [1.165, 1.54) is 6.07 Å². The zero-order chi connectivity index (χ0) is 14.4. The number of carboxylic acids is 1. The Balaban J connectivity index is 1.85. The zero-order valence-corrected chi connectivity index (χ0v) is 11.3. The molecular weight excluding hydrogens is 280 g/mol. The van der Waals surface area contributed by atoms with Crippen LogP contribution in [0.3, 0.4) is 0 Å². The molecule has 0 aliphatic carbocycles. The molecule has 0 radical (unpaired) electrons. The van der Waals surface area contributed by atoms with Gasteiger partial charge in [0.05, 0.1) is 11.6 Å². The maximum Gasteiger partial charge on any atom is 0.356 e. The smallest absolute Gasteiger partial charge is 0.356 e. The van der Waals surface area contributed by atoms with Crippen molar-refractivity contribution in [3.8, 4) is 5.75 Å². The number of hydrogen-bond donors (Lipinski definition) is 2. The molecule has 6 heteroatoms. The quantitative estimate of drug-likeness (QED) is 0.801. The molecule has 0 spiro atoms. The molecule has 20 heavy (non-hydrogen) atoms. The summed E-state index contributed by atoms with van der Waals surface area (Å²) in [6, 6.07) is 12.5. The average molecular weight is 293 g/mol. The highest BCUT2D eigenvalue weighted by Crippen LogP contribution is 2.16. The van der Waals surface area contributed by atoms with E-state index in [2.05, 4.69) is 10.3 Å². The number of ether oxygens (including phenoxy) is 1. The first-order valence-corrected chi connectivity index (χ1v) is 6.36. The van der Waals surface area contributed by atoms with Crippen molar-refractivity contribution in [1.82, 2.24) is 4.98 Å². The van der Waals surface area contributed by atoms with Gasteiger partial charge in [-0.1, -0.05) is 29.8 Å². The van der Waals surface area contributed by atoms with E-state index in [4.69, 9.17) is 21.4 Å². The third-order valence-electron chi connectivity index (χ3n) is 2.47. The molecule has 0 fully saturated rings. The number of para-hydroxylation sites is 1. The highest BCUT2D eigenvalue weighted by Gasteiger charge is 2.11. The number of rotatable bonds is 6. The second-order valence-electron chi connectivity index (χ2n) is 3.92. The summed E-state index contributed by atoms with van der Waals surface area (Å²) in [4.78, 5) is 14.8. The van der Waals surface area contributed by atoms with Crippen LogP contribution in [-0.4, -0.2) is 29.2 Å². The molecule has 0 atom stereocenters. The fraction of sp³-hybridized carbons (Fsp3) is 0.143. The van der Waals surface area contributed by atoms with E-state index in [0.717, 1.165) is 5.75 Å². The molecule has 0 saturated carbocycles. The first-order valence-electron chi connectivity index (χ1n) is 5.98. The Morgan fingerprint density at radius 2 is 2.00 bits per heavy atom. The van der Waals surface area contributed by atoms with Gasteiger partial charge in [0.25, 0.3) is 0 Å². The Kier molecular flexibility index (Phi) is 4.79. The van der Waals surface area contributed by atoms with Crippen molar-refractivity contribution in [2.45, 2.75) is 0 Å². The van der Waals surface area contributed by atoms with E-state index >= 15 is 0 Å². The molecule has 2 rings (SSSR count). The largest absolute Gasteiger partial charge is 0.492 e. The number of pyridine rings is 1. The topological polar surface area (TPSA) is 71.5 Å². The van der Waals surface area contributed by atoms with Crippen LogP contribution in [0.5, 0.6) is 5.75 Å². The zero-order valence-electron chi connectivity index (χ0n) is 10.5. The molecule has 2 aromatic rings. The highest BCUT2D eigenvalue weighted by molar-refractivity contribution is 6.33. The standard InChI is InChI=1S/C14H13ClN2O3/c15-11-6-7-12(17-13(11)14(18)19)16-8-9-20-10-4-2-1-3-5-10/h1-7H,8-9H2,(H,16,17)(H,18,19). The molecule has 0 amide bonds. The number of nitrogens with one attached hydrogen (secondary N) is 1. The van der Waals surface area contributed by atoms with Crippen LogP contribution in [0, 0.1) is 0 Å². The van der Waals surface area contributed by atoms with Gasteiger partial charge in [-0.15, -0.1) is 0 Å². The van der Waals surface area contributed by atoms with Crippen LogP contribution < -0.4 is 10.1 Å².